The molecular weight excluding hydrogens is 368 g/mol. The average molecular weight is 397 g/mol. The van der Waals surface area contributed by atoms with Crippen LogP contribution >= 0.6 is 0 Å². The molecular formula is C28H28O2. The smallest absolute Gasteiger partial charge is 0.134 e. The molecule has 30 heavy (non-hydrogen) atoms. The Morgan fingerprint density at radius 1 is 0.567 bits per heavy atom. The van der Waals surface area contributed by atoms with Crippen molar-refractivity contribution in [3.05, 3.63) is 108 Å². The number of aryl methyl sites for hydroxylation is 2. The number of rotatable bonds is 4. The Bertz CT molecular complexity index is 1180. The van der Waals surface area contributed by atoms with E-state index in [2.05, 4.69) is 38.5 Å². The zero-order valence-electron chi connectivity index (χ0n) is 18.3. The second kappa shape index (κ2) is 8.46. The van der Waals surface area contributed by atoms with Crippen LogP contribution in [-0.2, 0) is 0 Å². The predicted octanol–water partition coefficient (Wildman–Crippen LogP) is 8.43. The minimum absolute atomic E-state index is 0.730. The van der Waals surface area contributed by atoms with Crippen LogP contribution in [0, 0.1) is 13.8 Å². The van der Waals surface area contributed by atoms with Crippen molar-refractivity contribution in [2.24, 2.45) is 0 Å². The maximum Gasteiger partial charge on any atom is 0.134 e. The van der Waals surface area contributed by atoms with E-state index < -0.39 is 0 Å². The van der Waals surface area contributed by atoms with Crippen LogP contribution in [0.4, 0.5) is 0 Å². The molecule has 1 aliphatic carbocycles. The van der Waals surface area contributed by atoms with Crippen molar-refractivity contribution >= 4 is 34.4 Å². The second-order valence-corrected chi connectivity index (χ2v) is 6.99. The fourth-order valence-corrected chi connectivity index (χ4v) is 4.32. The van der Waals surface area contributed by atoms with Gasteiger partial charge in [-0.15, -0.1) is 0 Å². The van der Waals surface area contributed by atoms with Crippen LogP contribution in [0.25, 0.3) is 34.4 Å². The van der Waals surface area contributed by atoms with Crippen molar-refractivity contribution in [2.75, 3.05) is 0 Å². The van der Waals surface area contributed by atoms with E-state index in [0.29, 0.717) is 0 Å². The van der Waals surface area contributed by atoms with E-state index in [4.69, 9.17) is 8.83 Å². The molecule has 0 aromatic carbocycles. The highest BCUT2D eigenvalue weighted by Crippen LogP contribution is 2.51. The van der Waals surface area contributed by atoms with Crippen molar-refractivity contribution in [3.63, 3.8) is 0 Å². The molecule has 0 saturated carbocycles. The van der Waals surface area contributed by atoms with Crippen molar-refractivity contribution < 1.29 is 8.83 Å². The highest BCUT2D eigenvalue weighted by molar-refractivity contribution is 6.19. The Morgan fingerprint density at radius 3 is 1.33 bits per heavy atom. The number of hydrogen-bond donors (Lipinski definition) is 0. The summed E-state index contributed by atoms with van der Waals surface area (Å²) in [5.41, 5.74) is 8.22. The molecule has 0 atom stereocenters. The normalized spacial score (nSPS) is 18.8. The zero-order chi connectivity index (χ0) is 22.0. The SMILES string of the molecule is C=CC=C1/C(=C/C=C)c2c(C=C)oc(C)c2C(=C\C)/C(=C/C)c2c(C=C)oc(C)c21. The molecule has 2 heterocycles. The summed E-state index contributed by atoms with van der Waals surface area (Å²) in [6.45, 7) is 23.9. The molecule has 0 fully saturated rings. The summed E-state index contributed by atoms with van der Waals surface area (Å²) in [5.74, 6) is 3.14. The third kappa shape index (κ3) is 3.05. The first-order chi connectivity index (χ1) is 14.5. The van der Waals surface area contributed by atoms with Gasteiger partial charge in [-0.3, -0.25) is 0 Å². The summed E-state index contributed by atoms with van der Waals surface area (Å²) in [6.07, 6.45) is 15.4. The van der Waals surface area contributed by atoms with Crippen molar-refractivity contribution in [3.8, 4) is 0 Å². The summed E-state index contributed by atoms with van der Waals surface area (Å²) >= 11 is 0. The topological polar surface area (TPSA) is 26.3 Å². The van der Waals surface area contributed by atoms with Gasteiger partial charge in [-0.1, -0.05) is 62.8 Å². The van der Waals surface area contributed by atoms with Gasteiger partial charge < -0.3 is 8.83 Å². The lowest BCUT2D eigenvalue weighted by molar-refractivity contribution is 0.522. The molecule has 0 N–H and O–H groups in total. The Labute approximate surface area is 179 Å². The third-order valence-corrected chi connectivity index (χ3v) is 5.40. The number of furan rings is 2. The van der Waals surface area contributed by atoms with Crippen molar-refractivity contribution in [2.45, 2.75) is 27.7 Å². The van der Waals surface area contributed by atoms with Gasteiger partial charge in [0.25, 0.3) is 0 Å². The summed E-state index contributed by atoms with van der Waals surface area (Å²) < 4.78 is 12.3. The molecule has 0 saturated heterocycles. The first-order valence-corrected chi connectivity index (χ1v) is 10.0. The van der Waals surface area contributed by atoms with Gasteiger partial charge in [0.2, 0.25) is 0 Å². The number of fused-ring (bicyclic) bond motifs is 2. The minimum Gasteiger partial charge on any atom is -0.461 e. The highest BCUT2D eigenvalue weighted by Gasteiger charge is 2.33. The lowest BCUT2D eigenvalue weighted by atomic mass is 9.77. The fourth-order valence-electron chi connectivity index (χ4n) is 4.32. The first kappa shape index (κ1) is 21.2. The van der Waals surface area contributed by atoms with Crippen molar-refractivity contribution in [1.29, 1.82) is 0 Å². The number of allylic oxidation sites excluding steroid dienone is 10. The Morgan fingerprint density at radius 2 is 0.933 bits per heavy atom. The predicted molar refractivity (Wildman–Crippen MR) is 131 cm³/mol. The lowest BCUT2D eigenvalue weighted by Gasteiger charge is -2.23. The minimum atomic E-state index is 0.730. The highest BCUT2D eigenvalue weighted by atomic mass is 16.3. The van der Waals surface area contributed by atoms with E-state index >= 15 is 0 Å². The Hall–Kier alpha value is -3.52. The second-order valence-electron chi connectivity index (χ2n) is 6.99. The van der Waals surface area contributed by atoms with Gasteiger partial charge in [-0.25, -0.2) is 0 Å². The van der Waals surface area contributed by atoms with Crippen molar-refractivity contribution in [1.82, 2.24) is 0 Å². The van der Waals surface area contributed by atoms with Crippen LogP contribution in [0.1, 0.15) is 59.1 Å². The standard InChI is InChI=1S/C28H28O2/c1-9-15-21-22(16-10-2)28-24(14-6)29-17(7)25(28)19(11-3)20(12-4)27-23(13-5)30-18(8)26(21)27/h9-16H,1-2,5-6H2,3-4,7-8H3/b19-11-,20-12-,21-15?,22-16-. The Kier molecular flexibility index (Phi) is 5.98. The summed E-state index contributed by atoms with van der Waals surface area (Å²) in [4.78, 5) is 0. The van der Waals surface area contributed by atoms with Crippen LogP contribution in [-0.4, -0.2) is 0 Å². The van der Waals surface area contributed by atoms with Crippen LogP contribution in [0.3, 0.4) is 0 Å². The van der Waals surface area contributed by atoms with Gasteiger partial charge >= 0.3 is 0 Å². The summed E-state index contributed by atoms with van der Waals surface area (Å²) in [5, 5.41) is 0. The van der Waals surface area contributed by atoms with E-state index in [-0.39, 0.29) is 0 Å². The molecule has 0 aliphatic heterocycles. The van der Waals surface area contributed by atoms with Gasteiger partial charge in [0.05, 0.1) is 0 Å². The van der Waals surface area contributed by atoms with Gasteiger partial charge in [0, 0.05) is 22.3 Å². The molecule has 152 valence electrons. The maximum atomic E-state index is 6.16. The summed E-state index contributed by atoms with van der Waals surface area (Å²) in [7, 11) is 0. The quantitative estimate of drug-likeness (QED) is 0.518. The van der Waals surface area contributed by atoms with Crippen LogP contribution in [0.5, 0.6) is 0 Å². The van der Waals surface area contributed by atoms with Gasteiger partial charge in [0.15, 0.2) is 0 Å². The fraction of sp³-hybridized carbons (Fsp3) is 0.143. The largest absolute Gasteiger partial charge is 0.461 e. The van der Waals surface area contributed by atoms with Crippen LogP contribution in [0.2, 0.25) is 0 Å². The van der Waals surface area contributed by atoms with Crippen LogP contribution < -0.4 is 0 Å². The lowest BCUT2D eigenvalue weighted by Crippen LogP contribution is -2.05. The van der Waals surface area contributed by atoms with E-state index in [9.17, 15) is 0 Å². The van der Waals surface area contributed by atoms with E-state index in [0.717, 1.165) is 67.6 Å². The number of hydrogen-bond acceptors (Lipinski definition) is 2. The maximum absolute atomic E-state index is 6.16. The average Bonchev–Trinajstić information content (AvgIpc) is 3.23. The molecule has 2 aromatic rings. The molecule has 2 aromatic heterocycles. The van der Waals surface area contributed by atoms with Gasteiger partial charge in [-0.05, 0) is 62.1 Å². The molecule has 0 amide bonds. The molecule has 2 nitrogen and oxygen atoms in total. The molecule has 0 bridgehead atoms. The summed E-state index contributed by atoms with van der Waals surface area (Å²) in [6, 6.07) is 0. The zero-order valence-corrected chi connectivity index (χ0v) is 18.3. The van der Waals surface area contributed by atoms with E-state index in [1.54, 1.807) is 24.3 Å². The van der Waals surface area contributed by atoms with E-state index in [1.165, 1.54) is 0 Å². The molecule has 0 unspecified atom stereocenters. The molecule has 0 spiro atoms. The molecule has 0 radical (unpaired) electrons. The Balaban J connectivity index is 2.66. The first-order valence-electron chi connectivity index (χ1n) is 10.0. The molecule has 1 aliphatic rings. The van der Waals surface area contributed by atoms with Gasteiger partial charge in [0.1, 0.15) is 23.0 Å². The molecule has 3 rings (SSSR count). The van der Waals surface area contributed by atoms with Crippen LogP contribution in [0.15, 0.2) is 71.6 Å². The third-order valence-electron chi connectivity index (χ3n) is 5.40. The molecule has 2 heteroatoms. The van der Waals surface area contributed by atoms with Gasteiger partial charge in [-0.2, -0.15) is 0 Å². The van der Waals surface area contributed by atoms with E-state index in [1.807, 2.05) is 39.8 Å². The monoisotopic (exact) mass is 396 g/mol.